The number of benzene rings is 1. The van der Waals surface area contributed by atoms with E-state index in [0.717, 1.165) is 25.9 Å². The minimum Gasteiger partial charge on any atom is -0.316 e. The van der Waals surface area contributed by atoms with Gasteiger partial charge in [0.05, 0.1) is 16.5 Å². The second-order valence-corrected chi connectivity index (χ2v) is 6.87. The van der Waals surface area contributed by atoms with Crippen LogP contribution in [0.25, 0.3) is 0 Å². The van der Waals surface area contributed by atoms with E-state index >= 15 is 0 Å². The molecule has 2 atom stereocenters. The molecule has 2 unspecified atom stereocenters. The van der Waals surface area contributed by atoms with E-state index in [1.54, 1.807) is 0 Å². The van der Waals surface area contributed by atoms with Crippen molar-refractivity contribution < 1.29 is 8.42 Å². The topological polar surface area (TPSA) is 82.0 Å². The first-order chi connectivity index (χ1) is 9.53. The molecule has 0 spiro atoms. The fraction of sp³-hybridized carbons (Fsp3) is 0.500. The summed E-state index contributed by atoms with van der Waals surface area (Å²) in [5, 5.41) is 12.0. The maximum atomic E-state index is 12.3. The lowest BCUT2D eigenvalue weighted by molar-refractivity contribution is 0.320. The van der Waals surface area contributed by atoms with Crippen LogP contribution in [0.15, 0.2) is 29.2 Å². The summed E-state index contributed by atoms with van der Waals surface area (Å²) >= 11 is 0. The first kappa shape index (κ1) is 17.9. The molecule has 1 aliphatic rings. The predicted octanol–water partition coefficient (Wildman–Crippen LogP) is 1.65. The molecule has 0 amide bonds. The van der Waals surface area contributed by atoms with Gasteiger partial charge in [-0.1, -0.05) is 0 Å². The Labute approximate surface area is 132 Å². The van der Waals surface area contributed by atoms with Crippen LogP contribution in [0.1, 0.15) is 25.3 Å². The Kier molecular flexibility index (Phi) is 6.62. The number of piperidine rings is 1. The van der Waals surface area contributed by atoms with E-state index in [-0.39, 0.29) is 23.3 Å². The minimum atomic E-state index is -3.52. The number of hydrogen-bond donors (Lipinski definition) is 2. The van der Waals surface area contributed by atoms with Crippen LogP contribution >= 0.6 is 12.4 Å². The zero-order valence-corrected chi connectivity index (χ0v) is 13.5. The minimum absolute atomic E-state index is 0. The highest BCUT2D eigenvalue weighted by Crippen LogP contribution is 2.17. The standard InChI is InChI=1S/C14H19N3O2S.ClH/c1-11(13-3-2-8-16-10-13)17-20(18,19)14-6-4-12(9-15)5-7-14;/h4-7,11,13,16-17H,2-3,8,10H2,1H3;1H. The summed E-state index contributed by atoms with van der Waals surface area (Å²) in [6, 6.07) is 7.83. The van der Waals surface area contributed by atoms with Gasteiger partial charge in [-0.05, 0) is 63.0 Å². The molecule has 1 heterocycles. The van der Waals surface area contributed by atoms with Crippen molar-refractivity contribution in [1.29, 1.82) is 5.26 Å². The molecule has 1 saturated heterocycles. The molecule has 21 heavy (non-hydrogen) atoms. The number of halogens is 1. The lowest BCUT2D eigenvalue weighted by Crippen LogP contribution is -2.44. The van der Waals surface area contributed by atoms with Gasteiger partial charge >= 0.3 is 0 Å². The summed E-state index contributed by atoms with van der Waals surface area (Å²) in [6.45, 7) is 3.75. The summed E-state index contributed by atoms with van der Waals surface area (Å²) < 4.78 is 27.3. The number of nitrogens with one attached hydrogen (secondary N) is 2. The van der Waals surface area contributed by atoms with Crippen LogP contribution in [0.2, 0.25) is 0 Å². The van der Waals surface area contributed by atoms with Gasteiger partial charge in [-0.3, -0.25) is 0 Å². The van der Waals surface area contributed by atoms with Crippen LogP contribution in [-0.2, 0) is 10.0 Å². The Morgan fingerprint density at radius 1 is 1.38 bits per heavy atom. The predicted molar refractivity (Wildman–Crippen MR) is 83.8 cm³/mol. The number of nitriles is 1. The third-order valence-corrected chi connectivity index (χ3v) is 5.25. The molecule has 0 aromatic heterocycles. The monoisotopic (exact) mass is 329 g/mol. The lowest BCUT2D eigenvalue weighted by Gasteiger charge is -2.28. The second kappa shape index (κ2) is 7.76. The molecular formula is C14H20ClN3O2S. The quantitative estimate of drug-likeness (QED) is 0.880. The summed E-state index contributed by atoms with van der Waals surface area (Å²) in [6.07, 6.45) is 2.11. The lowest BCUT2D eigenvalue weighted by atomic mass is 9.94. The Balaban J connectivity index is 0.00000220. The zero-order valence-electron chi connectivity index (χ0n) is 11.9. The van der Waals surface area contributed by atoms with Crippen LogP contribution in [0, 0.1) is 17.2 Å². The Morgan fingerprint density at radius 3 is 2.57 bits per heavy atom. The number of sulfonamides is 1. The van der Waals surface area contributed by atoms with E-state index in [1.165, 1.54) is 24.3 Å². The average molecular weight is 330 g/mol. The molecule has 116 valence electrons. The second-order valence-electron chi connectivity index (χ2n) is 5.15. The zero-order chi connectivity index (χ0) is 14.6. The number of nitrogens with zero attached hydrogens (tertiary/aromatic N) is 1. The van der Waals surface area contributed by atoms with Crippen molar-refractivity contribution in [1.82, 2.24) is 10.0 Å². The summed E-state index contributed by atoms with van der Waals surface area (Å²) in [5.74, 6) is 0.317. The smallest absolute Gasteiger partial charge is 0.240 e. The molecule has 0 saturated carbocycles. The largest absolute Gasteiger partial charge is 0.316 e. The maximum Gasteiger partial charge on any atom is 0.240 e. The first-order valence-corrected chi connectivity index (χ1v) is 8.24. The molecule has 1 fully saturated rings. The van der Waals surface area contributed by atoms with Gasteiger partial charge in [0.15, 0.2) is 0 Å². The van der Waals surface area contributed by atoms with Crippen LogP contribution < -0.4 is 10.0 Å². The van der Waals surface area contributed by atoms with Crippen LogP contribution in [0.4, 0.5) is 0 Å². The van der Waals surface area contributed by atoms with Crippen molar-refractivity contribution in [3.63, 3.8) is 0 Å². The van der Waals surface area contributed by atoms with Crippen LogP contribution in [0.5, 0.6) is 0 Å². The summed E-state index contributed by atoms with van der Waals surface area (Å²) in [7, 11) is -3.52. The van der Waals surface area contributed by atoms with Gasteiger partial charge in [-0.25, -0.2) is 13.1 Å². The van der Waals surface area contributed by atoms with Gasteiger partial charge in [-0.15, -0.1) is 12.4 Å². The van der Waals surface area contributed by atoms with E-state index in [2.05, 4.69) is 10.0 Å². The van der Waals surface area contributed by atoms with E-state index in [0.29, 0.717) is 11.5 Å². The highest BCUT2D eigenvalue weighted by Gasteiger charge is 2.24. The molecule has 2 rings (SSSR count). The van der Waals surface area contributed by atoms with E-state index in [4.69, 9.17) is 5.26 Å². The Bertz CT molecular complexity index is 590. The third kappa shape index (κ3) is 4.68. The van der Waals surface area contributed by atoms with E-state index in [1.807, 2.05) is 13.0 Å². The first-order valence-electron chi connectivity index (χ1n) is 6.76. The van der Waals surface area contributed by atoms with E-state index in [9.17, 15) is 8.42 Å². The Morgan fingerprint density at radius 2 is 2.05 bits per heavy atom. The molecule has 7 heteroatoms. The van der Waals surface area contributed by atoms with Gasteiger partial charge in [0.1, 0.15) is 0 Å². The molecule has 2 N–H and O–H groups in total. The molecule has 1 aliphatic heterocycles. The SMILES string of the molecule is CC(NS(=O)(=O)c1ccc(C#N)cc1)C1CCCNC1.Cl. The van der Waals surface area contributed by atoms with Crippen molar-refractivity contribution in [3.05, 3.63) is 29.8 Å². The third-order valence-electron chi connectivity index (χ3n) is 3.68. The van der Waals surface area contributed by atoms with Gasteiger partial charge in [0.2, 0.25) is 10.0 Å². The molecule has 0 aliphatic carbocycles. The van der Waals surface area contributed by atoms with Gasteiger partial charge < -0.3 is 5.32 Å². The Hall–Kier alpha value is -1.13. The maximum absolute atomic E-state index is 12.3. The summed E-state index contributed by atoms with van der Waals surface area (Å²) in [4.78, 5) is 0.201. The highest BCUT2D eigenvalue weighted by atomic mass is 35.5. The van der Waals surface area contributed by atoms with Gasteiger partial charge in [-0.2, -0.15) is 5.26 Å². The van der Waals surface area contributed by atoms with Crippen LogP contribution in [-0.4, -0.2) is 27.5 Å². The molecule has 0 bridgehead atoms. The molecular weight excluding hydrogens is 310 g/mol. The molecule has 1 aromatic rings. The molecule has 1 aromatic carbocycles. The number of rotatable bonds is 4. The number of hydrogen-bond acceptors (Lipinski definition) is 4. The molecule has 5 nitrogen and oxygen atoms in total. The van der Waals surface area contributed by atoms with Crippen molar-refractivity contribution in [2.24, 2.45) is 5.92 Å². The fourth-order valence-corrected chi connectivity index (χ4v) is 3.74. The average Bonchev–Trinajstić information content (AvgIpc) is 2.48. The fourth-order valence-electron chi connectivity index (χ4n) is 2.42. The van der Waals surface area contributed by atoms with E-state index < -0.39 is 10.0 Å². The van der Waals surface area contributed by atoms with Gasteiger partial charge in [0.25, 0.3) is 0 Å². The van der Waals surface area contributed by atoms with Crippen molar-refractivity contribution in [2.75, 3.05) is 13.1 Å². The summed E-state index contributed by atoms with van der Waals surface area (Å²) in [5.41, 5.74) is 0.452. The normalized spacial score (nSPS) is 20.1. The van der Waals surface area contributed by atoms with Crippen molar-refractivity contribution >= 4 is 22.4 Å². The molecule has 0 radical (unpaired) electrons. The van der Waals surface area contributed by atoms with Gasteiger partial charge in [0, 0.05) is 6.04 Å². The van der Waals surface area contributed by atoms with Crippen molar-refractivity contribution in [3.8, 4) is 6.07 Å². The van der Waals surface area contributed by atoms with Crippen LogP contribution in [0.3, 0.4) is 0 Å². The highest BCUT2D eigenvalue weighted by molar-refractivity contribution is 7.89. The van der Waals surface area contributed by atoms with Crippen molar-refractivity contribution in [2.45, 2.75) is 30.7 Å².